The maximum Gasteiger partial charge on any atom is 0.253 e. The number of hydrogen-bond donors (Lipinski definition) is 1. The van der Waals surface area contributed by atoms with Crippen LogP contribution in [0.4, 0.5) is 10.1 Å². The third-order valence-electron chi connectivity index (χ3n) is 5.73. The maximum absolute atomic E-state index is 13.1. The van der Waals surface area contributed by atoms with Gasteiger partial charge in [0.05, 0.1) is 6.54 Å². The number of anilines is 1. The molecule has 0 atom stereocenters. The highest BCUT2D eigenvalue weighted by molar-refractivity contribution is 5.96. The number of benzene rings is 2. The van der Waals surface area contributed by atoms with E-state index < -0.39 is 0 Å². The topological polar surface area (TPSA) is 69.7 Å². The number of para-hydroxylation sites is 1. The van der Waals surface area contributed by atoms with Gasteiger partial charge in [-0.05, 0) is 62.1 Å². The van der Waals surface area contributed by atoms with Crippen LogP contribution in [0.3, 0.4) is 0 Å². The predicted molar refractivity (Wildman–Crippen MR) is 117 cm³/mol. The number of halogens is 1. The molecule has 0 unspecified atom stereocenters. The molecule has 3 amide bonds. The van der Waals surface area contributed by atoms with Crippen LogP contribution in [-0.4, -0.2) is 54.2 Å². The molecular weight excluding hydrogens is 397 g/mol. The van der Waals surface area contributed by atoms with Crippen LogP contribution in [0.15, 0.2) is 42.5 Å². The molecular formula is C24H28FN3O3. The molecule has 6 nitrogen and oxygen atoms in total. The lowest BCUT2D eigenvalue weighted by Gasteiger charge is -2.33. The normalized spacial score (nSPS) is 14.3. The number of amides is 3. The Morgan fingerprint density at radius 2 is 1.61 bits per heavy atom. The lowest BCUT2D eigenvalue weighted by atomic mass is 9.95. The zero-order valence-electron chi connectivity index (χ0n) is 18.2. The number of carbonyl (C=O) groups excluding carboxylic acids is 3. The van der Waals surface area contributed by atoms with E-state index in [-0.39, 0.29) is 36.0 Å². The lowest BCUT2D eigenvalue weighted by molar-refractivity contribution is -0.138. The molecule has 0 aromatic heterocycles. The Kier molecular flexibility index (Phi) is 7.05. The molecule has 1 heterocycles. The van der Waals surface area contributed by atoms with Crippen molar-refractivity contribution in [1.29, 1.82) is 0 Å². The van der Waals surface area contributed by atoms with Crippen LogP contribution in [0.25, 0.3) is 0 Å². The summed E-state index contributed by atoms with van der Waals surface area (Å²) in [7, 11) is 1.63. The van der Waals surface area contributed by atoms with Gasteiger partial charge in [0.15, 0.2) is 0 Å². The van der Waals surface area contributed by atoms with E-state index in [1.165, 1.54) is 29.2 Å². The van der Waals surface area contributed by atoms with E-state index in [1.807, 2.05) is 32.0 Å². The summed E-state index contributed by atoms with van der Waals surface area (Å²) in [5.41, 5.74) is 3.16. The second-order valence-electron chi connectivity index (χ2n) is 8.08. The molecule has 1 fully saturated rings. The first kappa shape index (κ1) is 22.5. The van der Waals surface area contributed by atoms with E-state index in [0.29, 0.717) is 31.5 Å². The van der Waals surface area contributed by atoms with E-state index >= 15 is 0 Å². The monoisotopic (exact) mass is 425 g/mol. The van der Waals surface area contributed by atoms with Crippen molar-refractivity contribution in [2.75, 3.05) is 32.0 Å². The number of aryl methyl sites for hydroxylation is 2. The SMILES string of the molecule is Cc1cccc(C)c1NC(=O)CN(C)C(=O)C1CCN(C(=O)c2ccc(F)cc2)CC1. The van der Waals surface area contributed by atoms with Crippen molar-refractivity contribution in [1.82, 2.24) is 9.80 Å². The van der Waals surface area contributed by atoms with Gasteiger partial charge in [-0.25, -0.2) is 4.39 Å². The van der Waals surface area contributed by atoms with Gasteiger partial charge in [-0.2, -0.15) is 0 Å². The molecule has 0 spiro atoms. The van der Waals surface area contributed by atoms with E-state index in [4.69, 9.17) is 0 Å². The second kappa shape index (κ2) is 9.73. The Morgan fingerprint density at radius 1 is 1.03 bits per heavy atom. The summed E-state index contributed by atoms with van der Waals surface area (Å²) < 4.78 is 13.1. The molecule has 0 bridgehead atoms. The van der Waals surface area contributed by atoms with Gasteiger partial charge in [0.1, 0.15) is 5.82 Å². The number of hydrogen-bond acceptors (Lipinski definition) is 3. The van der Waals surface area contributed by atoms with Crippen LogP contribution in [0.1, 0.15) is 34.3 Å². The van der Waals surface area contributed by atoms with Crippen molar-refractivity contribution in [2.24, 2.45) is 5.92 Å². The number of carbonyl (C=O) groups is 3. The minimum Gasteiger partial charge on any atom is -0.339 e. The van der Waals surface area contributed by atoms with Crippen LogP contribution in [-0.2, 0) is 9.59 Å². The van der Waals surface area contributed by atoms with Gasteiger partial charge in [-0.15, -0.1) is 0 Å². The zero-order valence-corrected chi connectivity index (χ0v) is 18.2. The van der Waals surface area contributed by atoms with Crippen molar-refractivity contribution in [2.45, 2.75) is 26.7 Å². The fraction of sp³-hybridized carbons (Fsp3) is 0.375. The highest BCUT2D eigenvalue weighted by atomic mass is 19.1. The highest BCUT2D eigenvalue weighted by Gasteiger charge is 2.30. The van der Waals surface area contributed by atoms with Crippen LogP contribution in [0.5, 0.6) is 0 Å². The fourth-order valence-electron chi connectivity index (χ4n) is 3.90. The van der Waals surface area contributed by atoms with Crippen molar-refractivity contribution < 1.29 is 18.8 Å². The van der Waals surface area contributed by atoms with Crippen LogP contribution in [0.2, 0.25) is 0 Å². The molecule has 1 N–H and O–H groups in total. The first-order valence-electron chi connectivity index (χ1n) is 10.4. The fourth-order valence-corrected chi connectivity index (χ4v) is 3.90. The van der Waals surface area contributed by atoms with Crippen LogP contribution in [0, 0.1) is 25.6 Å². The molecule has 2 aromatic rings. The second-order valence-corrected chi connectivity index (χ2v) is 8.08. The van der Waals surface area contributed by atoms with E-state index in [2.05, 4.69) is 5.32 Å². The Balaban J connectivity index is 1.51. The molecule has 1 saturated heterocycles. The van der Waals surface area contributed by atoms with Gasteiger partial charge in [-0.3, -0.25) is 14.4 Å². The Bertz CT molecular complexity index is 946. The number of piperidine rings is 1. The summed E-state index contributed by atoms with van der Waals surface area (Å²) in [6.07, 6.45) is 1.07. The first-order valence-corrected chi connectivity index (χ1v) is 10.4. The largest absolute Gasteiger partial charge is 0.339 e. The Morgan fingerprint density at radius 3 is 2.19 bits per heavy atom. The summed E-state index contributed by atoms with van der Waals surface area (Å²) in [5.74, 6) is -1.10. The quantitative estimate of drug-likeness (QED) is 0.798. The average Bonchev–Trinajstić information content (AvgIpc) is 2.76. The summed E-state index contributed by atoms with van der Waals surface area (Å²) in [4.78, 5) is 40.9. The van der Waals surface area contributed by atoms with Gasteiger partial charge in [0.2, 0.25) is 11.8 Å². The number of rotatable bonds is 5. The Labute approximate surface area is 182 Å². The number of likely N-dealkylation sites (N-methyl/N-ethyl adjacent to an activating group) is 1. The van der Waals surface area contributed by atoms with E-state index in [0.717, 1.165) is 16.8 Å². The third kappa shape index (κ3) is 5.48. The summed E-state index contributed by atoms with van der Waals surface area (Å²) in [6, 6.07) is 11.3. The minimum absolute atomic E-state index is 0.0265. The van der Waals surface area contributed by atoms with Gasteiger partial charge in [-0.1, -0.05) is 18.2 Å². The van der Waals surface area contributed by atoms with E-state index in [1.54, 1.807) is 11.9 Å². The van der Waals surface area contributed by atoms with Gasteiger partial charge in [0, 0.05) is 37.3 Å². The average molecular weight is 426 g/mol. The summed E-state index contributed by atoms with van der Waals surface area (Å²) in [6.45, 7) is 4.74. The molecule has 3 rings (SSSR count). The van der Waals surface area contributed by atoms with E-state index in [9.17, 15) is 18.8 Å². The van der Waals surface area contributed by atoms with Gasteiger partial charge >= 0.3 is 0 Å². The number of nitrogens with zero attached hydrogens (tertiary/aromatic N) is 2. The predicted octanol–water partition coefficient (Wildman–Crippen LogP) is 3.39. The van der Waals surface area contributed by atoms with Crippen LogP contribution < -0.4 is 5.32 Å². The number of nitrogens with one attached hydrogen (secondary N) is 1. The standard InChI is InChI=1S/C24H28FN3O3/c1-16-5-4-6-17(2)22(16)26-21(29)15-27(3)23(30)19-11-13-28(14-12-19)24(31)18-7-9-20(25)10-8-18/h4-10,19H,11-15H2,1-3H3,(H,26,29). The van der Waals surface area contributed by atoms with Crippen molar-refractivity contribution >= 4 is 23.4 Å². The number of likely N-dealkylation sites (tertiary alicyclic amines) is 1. The van der Waals surface area contributed by atoms with Crippen molar-refractivity contribution in [3.05, 3.63) is 65.0 Å². The first-order chi connectivity index (χ1) is 14.8. The molecule has 0 radical (unpaired) electrons. The van der Waals surface area contributed by atoms with Gasteiger partial charge < -0.3 is 15.1 Å². The van der Waals surface area contributed by atoms with Gasteiger partial charge in [0.25, 0.3) is 5.91 Å². The summed E-state index contributed by atoms with van der Waals surface area (Å²) in [5, 5.41) is 2.90. The molecule has 0 aliphatic carbocycles. The third-order valence-corrected chi connectivity index (χ3v) is 5.73. The summed E-state index contributed by atoms with van der Waals surface area (Å²) >= 11 is 0. The maximum atomic E-state index is 13.1. The van der Waals surface area contributed by atoms with Crippen molar-refractivity contribution in [3.8, 4) is 0 Å². The highest BCUT2D eigenvalue weighted by Crippen LogP contribution is 2.22. The molecule has 1 aliphatic heterocycles. The van der Waals surface area contributed by atoms with Crippen molar-refractivity contribution in [3.63, 3.8) is 0 Å². The minimum atomic E-state index is -0.384. The molecule has 31 heavy (non-hydrogen) atoms. The lowest BCUT2D eigenvalue weighted by Crippen LogP contribution is -2.45. The zero-order chi connectivity index (χ0) is 22.5. The molecule has 1 aliphatic rings. The molecule has 7 heteroatoms. The smallest absolute Gasteiger partial charge is 0.253 e. The molecule has 2 aromatic carbocycles. The van der Waals surface area contributed by atoms with Crippen LogP contribution >= 0.6 is 0 Å². The molecule has 0 saturated carbocycles. The Hall–Kier alpha value is -3.22. The molecule has 164 valence electrons.